The predicted molar refractivity (Wildman–Crippen MR) is 137 cm³/mol. The van der Waals surface area contributed by atoms with E-state index in [-0.39, 0.29) is 34.5 Å². The zero-order chi connectivity index (χ0) is 29.4. The molecule has 214 valence electrons. The number of carbonyl (C=O) groups excluding carboxylic acids is 2. The first kappa shape index (κ1) is 31.4. The van der Waals surface area contributed by atoms with Crippen LogP contribution in [-0.4, -0.2) is 67.7 Å². The molecule has 0 aliphatic carbocycles. The summed E-state index contributed by atoms with van der Waals surface area (Å²) in [5, 5.41) is 19.8. The van der Waals surface area contributed by atoms with Gasteiger partial charge in [-0.25, -0.2) is 4.68 Å². The fourth-order valence-corrected chi connectivity index (χ4v) is 3.96. The molecule has 2 heterocycles. The van der Waals surface area contributed by atoms with Crippen molar-refractivity contribution in [2.75, 3.05) is 39.2 Å². The molecular weight excluding hydrogens is 519 g/mol. The Hall–Kier alpha value is -3.79. The number of anilines is 1. The summed E-state index contributed by atoms with van der Waals surface area (Å²) < 4.78 is 55.3. The highest BCUT2D eigenvalue weighted by molar-refractivity contribution is 5.88. The molecule has 0 saturated carbocycles. The minimum Gasteiger partial charge on any atom is -0.497 e. The molecule has 13 heteroatoms. The molecule has 2 aromatic rings. The molecule has 10 nitrogen and oxygen atoms in total. The molecule has 1 aliphatic heterocycles. The van der Waals surface area contributed by atoms with Crippen molar-refractivity contribution in [3.05, 3.63) is 35.0 Å². The summed E-state index contributed by atoms with van der Waals surface area (Å²) in [7, 11) is 2.92. The SMILES string of the molecule is CC(C)(C)OC=O.COc1cc(OC)cc(C(C(C)=O)c2nn(C3CCNC3)c(NCC(F)(F)F)c2C#N)c1. The van der Waals surface area contributed by atoms with E-state index in [1.807, 2.05) is 26.8 Å². The largest absolute Gasteiger partial charge is 0.497 e. The van der Waals surface area contributed by atoms with E-state index in [0.717, 1.165) is 0 Å². The molecule has 0 radical (unpaired) electrons. The number of halogens is 3. The lowest BCUT2D eigenvalue weighted by Crippen LogP contribution is -2.25. The van der Waals surface area contributed by atoms with E-state index < -0.39 is 18.6 Å². The van der Waals surface area contributed by atoms with Crippen molar-refractivity contribution >= 4 is 18.1 Å². The molecular formula is C26H34F3N5O5. The second-order valence-electron chi connectivity index (χ2n) is 9.80. The zero-order valence-corrected chi connectivity index (χ0v) is 22.8. The van der Waals surface area contributed by atoms with Crippen molar-refractivity contribution in [3.8, 4) is 17.6 Å². The van der Waals surface area contributed by atoms with Crippen molar-refractivity contribution in [3.63, 3.8) is 0 Å². The second kappa shape index (κ2) is 13.3. The number of benzene rings is 1. The number of nitriles is 1. The van der Waals surface area contributed by atoms with Crippen LogP contribution in [0.3, 0.4) is 0 Å². The Labute approximate surface area is 225 Å². The fraction of sp³-hybridized carbons (Fsp3) is 0.538. The standard InChI is InChI=1S/C21H24F3N5O3.C5H10O2/c1-12(30)18(13-6-15(31-2)8-16(7-13)32-3)19-17(9-25)20(27-11-21(22,23)24)29(28-19)14-4-5-26-10-14;1-5(2,3)7-4-6/h6-8,14,18,26-27H,4-5,10-11H2,1-3H3;4H,1-3H3. The molecule has 0 bridgehead atoms. The normalized spacial score (nSPS) is 15.8. The number of ether oxygens (including phenoxy) is 3. The van der Waals surface area contributed by atoms with Crippen LogP contribution in [0.5, 0.6) is 11.5 Å². The lowest BCUT2D eigenvalue weighted by Gasteiger charge is -2.16. The van der Waals surface area contributed by atoms with Gasteiger partial charge in [-0.15, -0.1) is 0 Å². The van der Waals surface area contributed by atoms with Crippen molar-refractivity contribution in [2.45, 2.75) is 57.9 Å². The minimum atomic E-state index is -4.49. The number of alkyl halides is 3. The topological polar surface area (TPSA) is 128 Å². The molecule has 0 spiro atoms. The van der Waals surface area contributed by atoms with E-state index in [1.165, 1.54) is 25.8 Å². The van der Waals surface area contributed by atoms with Crippen LogP contribution in [0.25, 0.3) is 0 Å². The van der Waals surface area contributed by atoms with Gasteiger partial charge in [0.2, 0.25) is 0 Å². The third-order valence-electron chi connectivity index (χ3n) is 5.67. The van der Waals surface area contributed by atoms with Gasteiger partial charge < -0.3 is 24.8 Å². The molecule has 1 aromatic heterocycles. The Morgan fingerprint density at radius 1 is 1.26 bits per heavy atom. The van der Waals surface area contributed by atoms with Crippen LogP contribution >= 0.6 is 0 Å². The molecule has 0 amide bonds. The summed E-state index contributed by atoms with van der Waals surface area (Å²) in [6.07, 6.45) is -3.86. The summed E-state index contributed by atoms with van der Waals surface area (Å²) in [4.78, 5) is 22.3. The molecule has 1 aliphatic rings. The maximum absolute atomic E-state index is 12.9. The van der Waals surface area contributed by atoms with E-state index in [9.17, 15) is 28.0 Å². The van der Waals surface area contributed by atoms with Crippen LogP contribution in [0.4, 0.5) is 19.0 Å². The van der Waals surface area contributed by atoms with Gasteiger partial charge >= 0.3 is 6.18 Å². The highest BCUT2D eigenvalue weighted by atomic mass is 19.4. The van der Waals surface area contributed by atoms with Gasteiger partial charge in [0.15, 0.2) is 0 Å². The Morgan fingerprint density at radius 2 is 1.87 bits per heavy atom. The highest BCUT2D eigenvalue weighted by Crippen LogP contribution is 2.37. The molecule has 39 heavy (non-hydrogen) atoms. The summed E-state index contributed by atoms with van der Waals surface area (Å²) in [6, 6.07) is 6.58. The number of hydrogen-bond donors (Lipinski definition) is 2. The monoisotopic (exact) mass is 553 g/mol. The zero-order valence-electron chi connectivity index (χ0n) is 22.8. The average molecular weight is 554 g/mol. The van der Waals surface area contributed by atoms with Crippen molar-refractivity contribution in [1.82, 2.24) is 15.1 Å². The summed E-state index contributed by atoms with van der Waals surface area (Å²) in [5.41, 5.74) is 0.138. The maximum Gasteiger partial charge on any atom is 0.405 e. The number of rotatable bonds is 9. The van der Waals surface area contributed by atoms with Crippen LogP contribution in [0.2, 0.25) is 0 Å². The number of aromatic nitrogens is 2. The van der Waals surface area contributed by atoms with Crippen molar-refractivity contribution in [1.29, 1.82) is 5.26 Å². The first-order chi connectivity index (χ1) is 18.2. The van der Waals surface area contributed by atoms with E-state index in [4.69, 9.17) is 9.47 Å². The first-order valence-electron chi connectivity index (χ1n) is 12.1. The maximum atomic E-state index is 12.9. The Morgan fingerprint density at radius 3 is 2.26 bits per heavy atom. The van der Waals surface area contributed by atoms with Gasteiger partial charge in [0.05, 0.1) is 31.9 Å². The lowest BCUT2D eigenvalue weighted by molar-refractivity contribution is -0.138. The van der Waals surface area contributed by atoms with Crippen LogP contribution in [-0.2, 0) is 14.3 Å². The van der Waals surface area contributed by atoms with E-state index in [1.54, 1.807) is 18.2 Å². The number of ketones is 1. The van der Waals surface area contributed by atoms with Gasteiger partial charge in [0, 0.05) is 12.6 Å². The molecule has 3 rings (SSSR count). The molecule has 2 unspecified atom stereocenters. The molecule has 1 saturated heterocycles. The second-order valence-corrected chi connectivity index (χ2v) is 9.80. The van der Waals surface area contributed by atoms with Gasteiger partial charge in [-0.1, -0.05) is 0 Å². The average Bonchev–Trinajstić information content (AvgIpc) is 3.49. The summed E-state index contributed by atoms with van der Waals surface area (Å²) in [6.45, 7) is 7.10. The molecule has 2 atom stereocenters. The van der Waals surface area contributed by atoms with E-state index in [0.29, 0.717) is 43.0 Å². The number of methoxy groups -OCH3 is 2. The number of Topliss-reactive ketones (excluding diaryl/α,β-unsaturated/α-hetero) is 1. The van der Waals surface area contributed by atoms with Crippen LogP contribution in [0.15, 0.2) is 18.2 Å². The smallest absolute Gasteiger partial charge is 0.405 e. The van der Waals surface area contributed by atoms with Crippen LogP contribution in [0.1, 0.15) is 62.9 Å². The Kier molecular flexibility index (Phi) is 10.7. The molecule has 1 aromatic carbocycles. The van der Waals surface area contributed by atoms with Gasteiger partial charge in [-0.3, -0.25) is 9.59 Å². The first-order valence-corrected chi connectivity index (χ1v) is 12.1. The van der Waals surface area contributed by atoms with Crippen molar-refractivity contribution < 1.29 is 37.0 Å². The lowest BCUT2D eigenvalue weighted by atomic mass is 9.89. The molecule has 1 fully saturated rings. The number of hydrogen-bond acceptors (Lipinski definition) is 9. The Bertz CT molecular complexity index is 1160. The number of nitrogens with one attached hydrogen (secondary N) is 2. The van der Waals surface area contributed by atoms with Crippen LogP contribution < -0.4 is 20.1 Å². The van der Waals surface area contributed by atoms with E-state index >= 15 is 0 Å². The quantitative estimate of drug-likeness (QED) is 0.444. The third kappa shape index (κ3) is 8.88. The summed E-state index contributed by atoms with van der Waals surface area (Å²) >= 11 is 0. The fourth-order valence-electron chi connectivity index (χ4n) is 3.96. The van der Waals surface area contributed by atoms with E-state index in [2.05, 4.69) is 20.5 Å². The Balaban J connectivity index is 0.000000673. The van der Waals surface area contributed by atoms with Crippen molar-refractivity contribution in [2.24, 2.45) is 0 Å². The van der Waals surface area contributed by atoms with Gasteiger partial charge in [-0.2, -0.15) is 23.5 Å². The number of nitrogens with zero attached hydrogens (tertiary/aromatic N) is 3. The predicted octanol–water partition coefficient (Wildman–Crippen LogP) is 3.96. The molecule has 2 N–H and O–H groups in total. The van der Waals surface area contributed by atoms with Gasteiger partial charge in [-0.05, 0) is 58.4 Å². The van der Waals surface area contributed by atoms with Gasteiger partial charge in [0.1, 0.15) is 46.9 Å². The highest BCUT2D eigenvalue weighted by Gasteiger charge is 2.34. The number of carbonyl (C=O) groups is 2. The summed E-state index contributed by atoms with van der Waals surface area (Å²) in [5.74, 6) is -0.503. The van der Waals surface area contributed by atoms with Gasteiger partial charge in [0.25, 0.3) is 6.47 Å². The minimum absolute atomic E-state index is 0.0466. The third-order valence-corrected chi connectivity index (χ3v) is 5.67. The van der Waals surface area contributed by atoms with Crippen LogP contribution in [0, 0.1) is 11.3 Å².